The van der Waals surface area contributed by atoms with E-state index >= 15 is 0 Å². The summed E-state index contributed by atoms with van der Waals surface area (Å²) >= 11 is 0. The van der Waals surface area contributed by atoms with Crippen molar-refractivity contribution in [3.8, 4) is 5.75 Å². The fourth-order valence-electron chi connectivity index (χ4n) is 1.08. The van der Waals surface area contributed by atoms with Gasteiger partial charge in [0.05, 0.1) is 6.61 Å². The normalized spacial score (nSPS) is 11.4. The average Bonchev–Trinajstić information content (AvgIpc) is 2.23. The molecule has 0 saturated carbocycles. The zero-order chi connectivity index (χ0) is 12.9. The van der Waals surface area contributed by atoms with Crippen molar-refractivity contribution in [1.29, 1.82) is 0 Å². The van der Waals surface area contributed by atoms with Crippen molar-refractivity contribution in [3.63, 3.8) is 0 Å². The predicted octanol–water partition coefficient (Wildman–Crippen LogP) is 0.282. The van der Waals surface area contributed by atoms with Crippen LogP contribution in [0.25, 0.3) is 0 Å². The molecule has 0 atom stereocenters. The van der Waals surface area contributed by atoms with Crippen LogP contribution >= 0.6 is 0 Å². The molecule has 1 aromatic carbocycles. The van der Waals surface area contributed by atoms with Crippen LogP contribution in [0.5, 0.6) is 5.75 Å². The van der Waals surface area contributed by atoms with E-state index in [2.05, 4.69) is 4.74 Å². The van der Waals surface area contributed by atoms with Crippen LogP contribution in [0.4, 0.5) is 13.2 Å². The Hall–Kier alpha value is -1.25. The van der Waals surface area contributed by atoms with Gasteiger partial charge in [-0.15, -0.1) is 13.2 Å². The van der Waals surface area contributed by atoms with Crippen molar-refractivity contribution in [1.82, 2.24) is 0 Å². The van der Waals surface area contributed by atoms with Gasteiger partial charge in [-0.25, -0.2) is 0 Å². The lowest BCUT2D eigenvalue weighted by molar-refractivity contribution is -0.325. The van der Waals surface area contributed by atoms with Gasteiger partial charge >= 0.3 is 13.5 Å². The molecular formula is C9H10BF3O4. The monoisotopic (exact) mass is 250 g/mol. The van der Waals surface area contributed by atoms with E-state index in [4.69, 9.17) is 14.8 Å². The topological polar surface area (TPSA) is 58.9 Å². The standard InChI is InChI=1S/C9H10BF3O4/c11-9(12,13)17-5-4-16-8-3-1-2-7(6-8)10(14)15/h1-3,6,14-15H,4-5H2. The zero-order valence-corrected chi connectivity index (χ0v) is 8.65. The number of hydrogen-bond donors (Lipinski definition) is 2. The number of benzene rings is 1. The number of hydrogen-bond acceptors (Lipinski definition) is 4. The molecule has 8 heteroatoms. The fraction of sp³-hybridized carbons (Fsp3) is 0.333. The van der Waals surface area contributed by atoms with E-state index in [1.165, 1.54) is 24.3 Å². The summed E-state index contributed by atoms with van der Waals surface area (Å²) in [6, 6.07) is 5.75. The van der Waals surface area contributed by atoms with Gasteiger partial charge in [-0.3, -0.25) is 4.74 Å². The average molecular weight is 250 g/mol. The molecule has 94 valence electrons. The van der Waals surface area contributed by atoms with E-state index in [1.807, 2.05) is 0 Å². The second kappa shape index (κ2) is 5.90. The van der Waals surface area contributed by atoms with E-state index in [0.29, 0.717) is 0 Å². The van der Waals surface area contributed by atoms with Crippen molar-refractivity contribution in [3.05, 3.63) is 24.3 Å². The quantitative estimate of drug-likeness (QED) is 0.582. The summed E-state index contributed by atoms with van der Waals surface area (Å²) in [6.07, 6.45) is -4.67. The molecule has 0 aromatic heterocycles. The zero-order valence-electron chi connectivity index (χ0n) is 8.65. The highest BCUT2D eigenvalue weighted by Gasteiger charge is 2.28. The van der Waals surface area contributed by atoms with Gasteiger partial charge in [0.1, 0.15) is 12.4 Å². The van der Waals surface area contributed by atoms with Gasteiger partial charge in [-0.05, 0) is 17.6 Å². The first kappa shape index (κ1) is 13.8. The van der Waals surface area contributed by atoms with Crippen molar-refractivity contribution >= 4 is 12.6 Å². The maximum absolute atomic E-state index is 11.6. The molecule has 0 unspecified atom stereocenters. The third kappa shape index (κ3) is 5.57. The maximum atomic E-state index is 11.6. The van der Waals surface area contributed by atoms with E-state index in [0.717, 1.165) is 0 Å². The molecule has 0 saturated heterocycles. The Morgan fingerprint density at radius 3 is 2.47 bits per heavy atom. The van der Waals surface area contributed by atoms with Gasteiger partial charge in [-0.1, -0.05) is 12.1 Å². The van der Waals surface area contributed by atoms with Gasteiger partial charge in [0.2, 0.25) is 0 Å². The van der Waals surface area contributed by atoms with E-state index in [1.54, 1.807) is 0 Å². The highest BCUT2D eigenvalue weighted by atomic mass is 19.4. The Morgan fingerprint density at radius 1 is 1.18 bits per heavy atom. The lowest BCUT2D eigenvalue weighted by Gasteiger charge is -2.09. The highest BCUT2D eigenvalue weighted by Crippen LogP contribution is 2.15. The molecule has 0 aliphatic rings. The minimum Gasteiger partial charge on any atom is -0.491 e. The number of halogens is 3. The minimum absolute atomic E-state index is 0.194. The highest BCUT2D eigenvalue weighted by molar-refractivity contribution is 6.58. The predicted molar refractivity (Wildman–Crippen MR) is 53.8 cm³/mol. The summed E-state index contributed by atoms with van der Waals surface area (Å²) in [5.74, 6) is 0.237. The molecule has 0 amide bonds. The van der Waals surface area contributed by atoms with Gasteiger partial charge in [0.15, 0.2) is 0 Å². The summed E-state index contributed by atoms with van der Waals surface area (Å²) in [7, 11) is -1.65. The summed E-state index contributed by atoms with van der Waals surface area (Å²) in [6.45, 7) is -0.917. The molecule has 0 fully saturated rings. The lowest BCUT2D eigenvalue weighted by atomic mass is 9.80. The molecule has 0 aliphatic heterocycles. The first-order valence-corrected chi connectivity index (χ1v) is 4.68. The van der Waals surface area contributed by atoms with Crippen LogP contribution in [0.1, 0.15) is 0 Å². The van der Waals surface area contributed by atoms with Crippen LogP contribution in [0.2, 0.25) is 0 Å². The molecule has 0 heterocycles. The van der Waals surface area contributed by atoms with E-state index < -0.39 is 20.1 Å². The van der Waals surface area contributed by atoms with Crippen molar-refractivity contribution in [2.24, 2.45) is 0 Å². The Labute approximate surface area is 95.7 Å². The molecule has 1 aromatic rings. The largest absolute Gasteiger partial charge is 0.522 e. The molecular weight excluding hydrogens is 240 g/mol. The minimum atomic E-state index is -4.67. The second-order valence-corrected chi connectivity index (χ2v) is 3.09. The smallest absolute Gasteiger partial charge is 0.491 e. The van der Waals surface area contributed by atoms with Crippen LogP contribution in [-0.2, 0) is 4.74 Å². The number of rotatable bonds is 5. The Bertz CT molecular complexity index is 356. The van der Waals surface area contributed by atoms with E-state index in [9.17, 15) is 13.2 Å². The first-order chi connectivity index (χ1) is 7.88. The molecule has 0 bridgehead atoms. The summed E-state index contributed by atoms with van der Waals surface area (Å²) in [4.78, 5) is 0. The molecule has 1 rings (SSSR count). The fourth-order valence-corrected chi connectivity index (χ4v) is 1.08. The third-order valence-electron chi connectivity index (χ3n) is 1.77. The van der Waals surface area contributed by atoms with Gasteiger partial charge in [0.25, 0.3) is 0 Å². The lowest BCUT2D eigenvalue weighted by Crippen LogP contribution is -2.29. The third-order valence-corrected chi connectivity index (χ3v) is 1.77. The summed E-state index contributed by atoms with van der Waals surface area (Å²) in [5, 5.41) is 17.7. The van der Waals surface area contributed by atoms with Gasteiger partial charge < -0.3 is 14.8 Å². The molecule has 2 N–H and O–H groups in total. The van der Waals surface area contributed by atoms with Gasteiger partial charge in [-0.2, -0.15) is 0 Å². The molecule has 17 heavy (non-hydrogen) atoms. The Morgan fingerprint density at radius 2 is 1.88 bits per heavy atom. The van der Waals surface area contributed by atoms with Crippen LogP contribution < -0.4 is 10.2 Å². The molecule has 4 nitrogen and oxygen atoms in total. The Kier molecular flexibility index (Phi) is 4.79. The van der Waals surface area contributed by atoms with E-state index in [-0.39, 0.29) is 17.8 Å². The molecule has 0 radical (unpaired) electrons. The van der Waals surface area contributed by atoms with Crippen LogP contribution in [-0.4, -0.2) is 36.7 Å². The van der Waals surface area contributed by atoms with Crippen molar-refractivity contribution in [2.75, 3.05) is 13.2 Å². The van der Waals surface area contributed by atoms with Crippen molar-refractivity contribution < 1.29 is 32.7 Å². The summed E-state index contributed by atoms with van der Waals surface area (Å²) in [5.41, 5.74) is 0.194. The van der Waals surface area contributed by atoms with Crippen LogP contribution in [0.3, 0.4) is 0 Å². The maximum Gasteiger partial charge on any atom is 0.522 e. The second-order valence-electron chi connectivity index (χ2n) is 3.09. The van der Waals surface area contributed by atoms with Crippen LogP contribution in [0, 0.1) is 0 Å². The van der Waals surface area contributed by atoms with Gasteiger partial charge in [0, 0.05) is 0 Å². The van der Waals surface area contributed by atoms with Crippen molar-refractivity contribution in [2.45, 2.75) is 6.36 Å². The van der Waals surface area contributed by atoms with Crippen LogP contribution in [0.15, 0.2) is 24.3 Å². The number of alkyl halides is 3. The Balaban J connectivity index is 2.39. The first-order valence-electron chi connectivity index (χ1n) is 4.68. The molecule has 0 aliphatic carbocycles. The SMILES string of the molecule is OB(O)c1cccc(OCCOC(F)(F)F)c1. The number of ether oxygens (including phenoxy) is 2. The molecule has 0 spiro atoms. The summed E-state index contributed by atoms with van der Waals surface area (Å²) < 4.78 is 43.3.